The number of quaternary nitrogens is 1. The number of rotatable bonds is 2. The van der Waals surface area contributed by atoms with E-state index in [1.807, 2.05) is 60.4 Å². The van der Waals surface area contributed by atoms with Gasteiger partial charge in [-0.2, -0.15) is 4.99 Å². The molecule has 0 fully saturated rings. The molecule has 4 heterocycles. The molecule has 0 bridgehead atoms. The van der Waals surface area contributed by atoms with Crippen molar-refractivity contribution in [3.05, 3.63) is 72.8 Å². The summed E-state index contributed by atoms with van der Waals surface area (Å²) in [7, 11) is 1.98. The van der Waals surface area contributed by atoms with Crippen LogP contribution in [0.2, 0.25) is 0 Å². The zero-order valence-electron chi connectivity index (χ0n) is 13.6. The number of hydrogen-bond donors (Lipinski definition) is 0. The van der Waals surface area contributed by atoms with E-state index in [0.29, 0.717) is 10.4 Å². The minimum absolute atomic E-state index is 0.299. The highest BCUT2D eigenvalue weighted by Crippen LogP contribution is 2.23. The average Bonchev–Trinajstić information content (AvgIpc) is 3.22. The normalized spacial score (nSPS) is 21.3. The Labute approximate surface area is 144 Å². The van der Waals surface area contributed by atoms with Crippen molar-refractivity contribution in [1.29, 1.82) is 0 Å². The second-order valence-electron chi connectivity index (χ2n) is 6.17. The van der Waals surface area contributed by atoms with Gasteiger partial charge in [0.05, 0.1) is 11.9 Å². The molecule has 2 aliphatic rings. The van der Waals surface area contributed by atoms with Crippen LogP contribution in [0.3, 0.4) is 0 Å². The lowest BCUT2D eigenvalue weighted by Crippen LogP contribution is -2.38. The fourth-order valence-electron chi connectivity index (χ4n) is 3.00. The third-order valence-corrected chi connectivity index (χ3v) is 4.41. The van der Waals surface area contributed by atoms with Gasteiger partial charge in [0.15, 0.2) is 0 Å². The van der Waals surface area contributed by atoms with Gasteiger partial charge in [-0.05, 0) is 17.2 Å². The first-order chi connectivity index (χ1) is 12.2. The van der Waals surface area contributed by atoms with Gasteiger partial charge in [0.2, 0.25) is 5.84 Å². The van der Waals surface area contributed by atoms with Crippen LogP contribution in [0.1, 0.15) is 5.56 Å². The van der Waals surface area contributed by atoms with Crippen LogP contribution in [0.25, 0.3) is 16.9 Å². The van der Waals surface area contributed by atoms with Crippen LogP contribution < -0.4 is 0 Å². The Bertz CT molecular complexity index is 1100. The monoisotopic (exact) mass is 327 g/mol. The second-order valence-corrected chi connectivity index (χ2v) is 6.17. The van der Waals surface area contributed by atoms with Gasteiger partial charge in [-0.1, -0.05) is 30.3 Å². The van der Waals surface area contributed by atoms with Crippen LogP contribution in [0, 0.1) is 0 Å². The number of pyridine rings is 1. The first-order valence-corrected chi connectivity index (χ1v) is 8.02. The van der Waals surface area contributed by atoms with Crippen molar-refractivity contribution in [1.82, 2.24) is 9.38 Å². The predicted molar refractivity (Wildman–Crippen MR) is 98.4 cm³/mol. The Kier molecular flexibility index (Phi) is 2.83. The van der Waals surface area contributed by atoms with Crippen molar-refractivity contribution in [2.45, 2.75) is 0 Å². The van der Waals surface area contributed by atoms with Crippen molar-refractivity contribution < 1.29 is 4.59 Å². The van der Waals surface area contributed by atoms with Crippen LogP contribution in [-0.4, -0.2) is 38.9 Å². The lowest BCUT2D eigenvalue weighted by atomic mass is 10.2. The number of amidine groups is 2. The molecule has 0 N–H and O–H groups in total. The van der Waals surface area contributed by atoms with Gasteiger partial charge in [0.25, 0.3) is 5.84 Å². The maximum absolute atomic E-state index is 4.74. The zero-order valence-corrected chi connectivity index (χ0v) is 13.6. The molecule has 5 rings (SSSR count). The summed E-state index contributed by atoms with van der Waals surface area (Å²) >= 11 is 0. The maximum atomic E-state index is 4.74. The van der Waals surface area contributed by atoms with Crippen molar-refractivity contribution in [2.75, 3.05) is 7.05 Å². The van der Waals surface area contributed by atoms with Crippen LogP contribution in [0.15, 0.2) is 82.3 Å². The summed E-state index contributed by atoms with van der Waals surface area (Å²) in [6.45, 7) is 0. The molecule has 0 aliphatic carbocycles. The van der Waals surface area contributed by atoms with E-state index in [-0.39, 0.29) is 0 Å². The molecule has 0 saturated carbocycles. The third-order valence-electron chi connectivity index (χ3n) is 4.41. The standard InChI is InChI=1S/C19H15N6/c1-25-10-8-20-12-18(25)22-19(23-25)15-7-9-24-13-16(21-17(24)11-15)14-5-3-2-4-6-14/h2-13H,1H3/q+1. The summed E-state index contributed by atoms with van der Waals surface area (Å²) < 4.78 is 2.31. The summed E-state index contributed by atoms with van der Waals surface area (Å²) in [5.74, 6) is 1.51. The quantitative estimate of drug-likeness (QED) is 0.667. The van der Waals surface area contributed by atoms with E-state index >= 15 is 0 Å². The first-order valence-electron chi connectivity index (χ1n) is 8.02. The van der Waals surface area contributed by atoms with E-state index in [4.69, 9.17) is 10.1 Å². The number of fused-ring (bicyclic) bond motifs is 2. The molecule has 3 aromatic rings. The highest BCUT2D eigenvalue weighted by Gasteiger charge is 2.35. The summed E-state index contributed by atoms with van der Waals surface area (Å²) in [6.07, 6.45) is 9.43. The van der Waals surface area contributed by atoms with Gasteiger partial charge in [0, 0.05) is 23.5 Å². The smallest absolute Gasteiger partial charge is 0.279 e. The van der Waals surface area contributed by atoms with Gasteiger partial charge in [-0.3, -0.25) is 4.99 Å². The van der Waals surface area contributed by atoms with Crippen molar-refractivity contribution in [3.63, 3.8) is 0 Å². The molecule has 1 atom stereocenters. The van der Waals surface area contributed by atoms with E-state index in [2.05, 4.69) is 22.1 Å². The Morgan fingerprint density at radius 1 is 1.04 bits per heavy atom. The maximum Gasteiger partial charge on any atom is 0.279 e. The topological polar surface area (TPSA) is 54.4 Å². The molecule has 2 aliphatic heterocycles. The lowest BCUT2D eigenvalue weighted by molar-refractivity contribution is -0.767. The van der Waals surface area contributed by atoms with Crippen LogP contribution >= 0.6 is 0 Å². The number of benzene rings is 1. The highest BCUT2D eigenvalue weighted by atomic mass is 15.7. The number of imidazole rings is 1. The third kappa shape index (κ3) is 2.23. The van der Waals surface area contributed by atoms with Crippen molar-refractivity contribution >= 4 is 23.5 Å². The largest absolute Gasteiger partial charge is 0.306 e. The minimum atomic E-state index is 0.299. The van der Waals surface area contributed by atoms with E-state index in [0.717, 1.165) is 28.3 Å². The summed E-state index contributed by atoms with van der Waals surface area (Å²) in [5.41, 5.74) is 3.86. The fraction of sp³-hybridized carbons (Fsp3) is 0.0526. The molecule has 25 heavy (non-hydrogen) atoms. The molecule has 0 amide bonds. The molecular formula is C19H15N6+. The molecular weight excluding hydrogens is 312 g/mol. The highest BCUT2D eigenvalue weighted by molar-refractivity contribution is 6.31. The van der Waals surface area contributed by atoms with Gasteiger partial charge in [-0.25, -0.2) is 4.98 Å². The lowest BCUT2D eigenvalue weighted by Gasteiger charge is -2.18. The second kappa shape index (κ2) is 5.06. The molecule has 0 radical (unpaired) electrons. The van der Waals surface area contributed by atoms with Gasteiger partial charge in [0.1, 0.15) is 25.1 Å². The van der Waals surface area contributed by atoms with Crippen LogP contribution in [0.5, 0.6) is 0 Å². The Morgan fingerprint density at radius 3 is 2.76 bits per heavy atom. The molecule has 6 heteroatoms. The van der Waals surface area contributed by atoms with E-state index in [1.165, 1.54) is 0 Å². The minimum Gasteiger partial charge on any atom is -0.306 e. The number of aromatic nitrogens is 2. The fourth-order valence-corrected chi connectivity index (χ4v) is 3.00. The molecule has 1 unspecified atom stereocenters. The Morgan fingerprint density at radius 2 is 1.92 bits per heavy atom. The summed E-state index contributed by atoms with van der Waals surface area (Å²) in [4.78, 5) is 13.5. The first kappa shape index (κ1) is 14.0. The number of aliphatic imine (C=N–C) groups is 2. The average molecular weight is 327 g/mol. The molecule has 0 saturated heterocycles. The molecule has 1 aromatic carbocycles. The summed E-state index contributed by atoms with van der Waals surface area (Å²) in [5, 5.41) is 4.72. The van der Waals surface area contributed by atoms with Crippen LogP contribution in [-0.2, 0) is 0 Å². The van der Waals surface area contributed by atoms with Crippen molar-refractivity contribution in [3.8, 4) is 11.3 Å². The number of hydrogen-bond acceptors (Lipinski definition) is 4. The molecule has 120 valence electrons. The van der Waals surface area contributed by atoms with E-state index in [1.54, 1.807) is 12.4 Å². The Hall–Kier alpha value is -3.38. The Balaban J connectivity index is 1.58. The predicted octanol–water partition coefficient (Wildman–Crippen LogP) is 3.08. The van der Waals surface area contributed by atoms with E-state index in [9.17, 15) is 0 Å². The van der Waals surface area contributed by atoms with E-state index < -0.39 is 0 Å². The van der Waals surface area contributed by atoms with Gasteiger partial charge < -0.3 is 4.40 Å². The van der Waals surface area contributed by atoms with Gasteiger partial charge >= 0.3 is 0 Å². The van der Waals surface area contributed by atoms with Gasteiger partial charge in [-0.15, -0.1) is 4.59 Å². The molecule has 0 spiro atoms. The number of nitrogens with zero attached hydrogens (tertiary/aromatic N) is 6. The summed E-state index contributed by atoms with van der Waals surface area (Å²) in [6, 6.07) is 14.2. The molecule has 2 aromatic heterocycles. The SMILES string of the molecule is C[N+]12C=CN=CC1=NC(c1ccn3cc(-c4ccccc4)nc3c1)=N2. The van der Waals surface area contributed by atoms with Crippen molar-refractivity contribution in [2.24, 2.45) is 15.1 Å². The molecule has 6 nitrogen and oxygen atoms in total. The zero-order chi connectivity index (χ0) is 16.9. The van der Waals surface area contributed by atoms with Crippen LogP contribution in [0.4, 0.5) is 0 Å².